The molecule has 0 saturated heterocycles. The predicted octanol–water partition coefficient (Wildman–Crippen LogP) is 3.98. The zero-order valence-electron chi connectivity index (χ0n) is 16.3. The summed E-state index contributed by atoms with van der Waals surface area (Å²) < 4.78 is 13.9. The van der Waals surface area contributed by atoms with Crippen molar-refractivity contribution in [1.82, 2.24) is 0 Å². The molecule has 0 aliphatic rings. The van der Waals surface area contributed by atoms with Gasteiger partial charge >= 0.3 is 5.69 Å². The Labute approximate surface area is 194 Å². The summed E-state index contributed by atoms with van der Waals surface area (Å²) in [7, 11) is 0. The maximum absolute atomic E-state index is 12.6. The SMILES string of the molecule is NCCCO.O=[N+]([O-])c1ccc(Br)cc1F.O=[N+]([O-])c1ccc(Br)cc1NCCCO. The maximum atomic E-state index is 12.6. The van der Waals surface area contributed by atoms with Crippen LogP contribution in [-0.2, 0) is 0 Å². The minimum absolute atomic E-state index is 0.0381. The fourth-order valence-corrected chi connectivity index (χ4v) is 2.53. The van der Waals surface area contributed by atoms with Gasteiger partial charge in [-0.3, -0.25) is 20.2 Å². The van der Waals surface area contributed by atoms with Gasteiger partial charge in [-0.2, -0.15) is 4.39 Å². The van der Waals surface area contributed by atoms with E-state index in [1.165, 1.54) is 12.1 Å². The van der Waals surface area contributed by atoms with Crippen LogP contribution in [0.25, 0.3) is 0 Å². The lowest BCUT2D eigenvalue weighted by Gasteiger charge is -2.06. The van der Waals surface area contributed by atoms with E-state index in [1.54, 1.807) is 12.1 Å². The lowest BCUT2D eigenvalue weighted by atomic mass is 10.2. The molecule has 2 aromatic rings. The molecule has 0 radical (unpaired) electrons. The number of aliphatic hydroxyl groups is 2. The molecule has 0 fully saturated rings. The predicted molar refractivity (Wildman–Crippen MR) is 123 cm³/mol. The molecule has 0 aromatic heterocycles. The summed E-state index contributed by atoms with van der Waals surface area (Å²) in [6, 6.07) is 8.29. The normalized spacial score (nSPS) is 9.61. The summed E-state index contributed by atoms with van der Waals surface area (Å²) in [6.07, 6.45) is 1.28. The van der Waals surface area contributed by atoms with Crippen LogP contribution in [0.1, 0.15) is 12.8 Å². The van der Waals surface area contributed by atoms with Crippen LogP contribution in [0.2, 0.25) is 0 Å². The van der Waals surface area contributed by atoms with Crippen molar-refractivity contribution >= 4 is 48.9 Å². The van der Waals surface area contributed by atoms with Gasteiger partial charge in [-0.05, 0) is 43.7 Å². The first-order valence-electron chi connectivity index (χ1n) is 8.86. The van der Waals surface area contributed by atoms with Crippen LogP contribution in [0.15, 0.2) is 45.3 Å². The Morgan fingerprint density at radius 2 is 1.45 bits per heavy atom. The number of anilines is 1. The molecule has 172 valence electrons. The number of nitro groups is 2. The molecule has 0 aliphatic carbocycles. The van der Waals surface area contributed by atoms with E-state index in [2.05, 4.69) is 37.2 Å². The molecular weight excluding hydrogens is 547 g/mol. The van der Waals surface area contributed by atoms with Gasteiger partial charge in [-0.1, -0.05) is 31.9 Å². The van der Waals surface area contributed by atoms with Crippen LogP contribution < -0.4 is 11.1 Å². The number of rotatable bonds is 8. The van der Waals surface area contributed by atoms with Crippen LogP contribution in [0.5, 0.6) is 0 Å². The Morgan fingerprint density at radius 3 is 1.87 bits per heavy atom. The van der Waals surface area contributed by atoms with Crippen LogP contribution >= 0.6 is 31.9 Å². The second-order valence-corrected chi connectivity index (χ2v) is 7.47. The highest BCUT2D eigenvalue weighted by Crippen LogP contribution is 2.27. The van der Waals surface area contributed by atoms with Gasteiger partial charge in [0.2, 0.25) is 5.82 Å². The van der Waals surface area contributed by atoms with Crippen molar-refractivity contribution in [3.05, 3.63) is 71.4 Å². The molecule has 0 spiro atoms. The number of nitrogens with one attached hydrogen (secondary N) is 1. The van der Waals surface area contributed by atoms with Crippen molar-refractivity contribution in [3.8, 4) is 0 Å². The maximum Gasteiger partial charge on any atom is 0.304 e. The van der Waals surface area contributed by atoms with Gasteiger partial charge in [-0.15, -0.1) is 0 Å². The summed E-state index contributed by atoms with van der Waals surface area (Å²) in [4.78, 5) is 19.6. The number of nitrogens with two attached hydrogens (primary N) is 1. The third-order valence-corrected chi connectivity index (χ3v) is 4.26. The van der Waals surface area contributed by atoms with Crippen LogP contribution in [0, 0.1) is 26.0 Å². The standard InChI is InChI=1S/C9H11BrN2O3.C6H3BrFNO2.C3H9NO/c10-7-2-3-9(12(14)15)8(6-7)11-4-1-5-13;7-4-1-2-6(9(10)11)5(8)3-4;4-2-1-3-5/h2-3,6,11,13H,1,4-5H2;1-3H;5H,1-4H2. The van der Waals surface area contributed by atoms with Crippen molar-refractivity contribution in [2.45, 2.75) is 12.8 Å². The highest BCUT2D eigenvalue weighted by atomic mass is 79.9. The minimum Gasteiger partial charge on any atom is -0.396 e. The second kappa shape index (κ2) is 16.5. The van der Waals surface area contributed by atoms with E-state index in [9.17, 15) is 24.6 Å². The van der Waals surface area contributed by atoms with Crippen molar-refractivity contribution in [3.63, 3.8) is 0 Å². The highest BCUT2D eigenvalue weighted by molar-refractivity contribution is 9.10. The molecule has 5 N–H and O–H groups in total. The van der Waals surface area contributed by atoms with Gasteiger partial charge in [-0.25, -0.2) is 0 Å². The third kappa shape index (κ3) is 12.3. The Bertz CT molecular complexity index is 843. The highest BCUT2D eigenvalue weighted by Gasteiger charge is 2.13. The number of hydrogen-bond acceptors (Lipinski definition) is 8. The molecule has 2 rings (SSSR count). The molecule has 0 saturated carbocycles. The second-order valence-electron chi connectivity index (χ2n) is 5.64. The Hall–Kier alpha value is -2.19. The summed E-state index contributed by atoms with van der Waals surface area (Å²) in [5.41, 5.74) is 4.97. The lowest BCUT2D eigenvalue weighted by Crippen LogP contribution is -2.05. The van der Waals surface area contributed by atoms with E-state index >= 15 is 0 Å². The molecule has 0 amide bonds. The van der Waals surface area contributed by atoms with Gasteiger partial charge in [0.1, 0.15) is 5.69 Å². The summed E-state index contributed by atoms with van der Waals surface area (Å²) >= 11 is 6.23. The fraction of sp³-hybridized carbons (Fsp3) is 0.333. The summed E-state index contributed by atoms with van der Waals surface area (Å²) in [5.74, 6) is -0.829. The van der Waals surface area contributed by atoms with Gasteiger partial charge in [0.15, 0.2) is 0 Å². The van der Waals surface area contributed by atoms with E-state index in [-0.39, 0.29) is 18.9 Å². The van der Waals surface area contributed by atoms with Crippen LogP contribution in [0.3, 0.4) is 0 Å². The van der Waals surface area contributed by atoms with Gasteiger partial charge in [0.05, 0.1) is 9.85 Å². The molecule has 0 bridgehead atoms. The number of hydrogen-bond donors (Lipinski definition) is 4. The summed E-state index contributed by atoms with van der Waals surface area (Å²) in [6.45, 7) is 1.38. The number of nitrogens with zero attached hydrogens (tertiary/aromatic N) is 2. The first-order valence-corrected chi connectivity index (χ1v) is 10.5. The van der Waals surface area contributed by atoms with Crippen molar-refractivity contribution in [2.24, 2.45) is 5.73 Å². The Kier molecular flexibility index (Phi) is 15.3. The smallest absolute Gasteiger partial charge is 0.304 e. The van der Waals surface area contributed by atoms with Gasteiger partial charge in [0, 0.05) is 40.8 Å². The lowest BCUT2D eigenvalue weighted by molar-refractivity contribution is -0.387. The first-order chi connectivity index (χ1) is 14.7. The number of halogens is 3. The van der Waals surface area contributed by atoms with E-state index in [0.717, 1.165) is 23.0 Å². The van der Waals surface area contributed by atoms with Crippen LogP contribution in [-0.4, -0.2) is 46.4 Å². The quantitative estimate of drug-likeness (QED) is 0.210. The van der Waals surface area contributed by atoms with Crippen molar-refractivity contribution in [2.75, 3.05) is 31.6 Å². The first kappa shape index (κ1) is 28.8. The third-order valence-electron chi connectivity index (χ3n) is 3.27. The molecule has 31 heavy (non-hydrogen) atoms. The monoisotopic (exact) mass is 568 g/mol. The molecule has 0 aliphatic heterocycles. The van der Waals surface area contributed by atoms with E-state index in [0.29, 0.717) is 29.7 Å². The minimum atomic E-state index is -0.829. The summed E-state index contributed by atoms with van der Waals surface area (Å²) in [5, 5.41) is 40.2. The largest absolute Gasteiger partial charge is 0.396 e. The average Bonchev–Trinajstić information content (AvgIpc) is 2.69. The average molecular weight is 570 g/mol. The molecule has 0 atom stereocenters. The Balaban J connectivity index is 0.000000492. The molecule has 10 nitrogen and oxygen atoms in total. The van der Waals surface area contributed by atoms with E-state index < -0.39 is 21.4 Å². The molecule has 0 heterocycles. The van der Waals surface area contributed by atoms with E-state index in [4.69, 9.17) is 15.9 Å². The fourth-order valence-electron chi connectivity index (χ4n) is 1.83. The topological polar surface area (TPSA) is 165 Å². The van der Waals surface area contributed by atoms with Gasteiger partial charge < -0.3 is 21.3 Å². The van der Waals surface area contributed by atoms with E-state index in [1.807, 2.05) is 0 Å². The molecule has 13 heteroatoms. The molecular formula is C18H23Br2FN4O6. The van der Waals surface area contributed by atoms with Crippen molar-refractivity contribution < 1.29 is 24.5 Å². The number of aliphatic hydroxyl groups excluding tert-OH is 2. The van der Waals surface area contributed by atoms with Gasteiger partial charge in [0.25, 0.3) is 5.69 Å². The van der Waals surface area contributed by atoms with Crippen LogP contribution in [0.4, 0.5) is 21.5 Å². The van der Waals surface area contributed by atoms with Crippen molar-refractivity contribution in [1.29, 1.82) is 0 Å². The number of nitro benzene ring substituents is 2. The molecule has 2 aromatic carbocycles. The zero-order valence-corrected chi connectivity index (χ0v) is 19.5. The molecule has 0 unspecified atom stereocenters. The number of benzene rings is 2. The Morgan fingerprint density at radius 1 is 0.935 bits per heavy atom. The zero-order chi connectivity index (χ0) is 23.8.